The second-order valence-corrected chi connectivity index (χ2v) is 6.43. The van der Waals surface area contributed by atoms with Crippen LogP contribution in [-0.2, 0) is 6.61 Å². The van der Waals surface area contributed by atoms with Crippen LogP contribution in [0.3, 0.4) is 0 Å². The van der Waals surface area contributed by atoms with Gasteiger partial charge in [0.2, 0.25) is 0 Å². The second kappa shape index (κ2) is 7.85. The van der Waals surface area contributed by atoms with Gasteiger partial charge in [0.05, 0.1) is 5.56 Å². The summed E-state index contributed by atoms with van der Waals surface area (Å²) in [7, 11) is 0. The lowest BCUT2D eigenvalue weighted by Crippen LogP contribution is -2.18. The molecule has 2 N–H and O–H groups in total. The average molecular weight is 426 g/mol. The molecule has 7 nitrogen and oxygen atoms in total. The van der Waals surface area contributed by atoms with Gasteiger partial charge in [-0.15, -0.1) is 0 Å². The summed E-state index contributed by atoms with van der Waals surface area (Å²) in [6.07, 6.45) is 0.987. The molecule has 0 saturated carbocycles. The molecule has 0 fully saturated rings. The van der Waals surface area contributed by atoms with E-state index in [1.807, 2.05) is 30.3 Å². The Labute approximate surface area is 162 Å². The molecular formula is C19H12BrN3O4. The van der Waals surface area contributed by atoms with Crippen molar-refractivity contribution in [3.05, 3.63) is 80.2 Å². The number of nitrogens with one attached hydrogen (secondary N) is 1. The highest BCUT2D eigenvalue weighted by atomic mass is 79.9. The Bertz CT molecular complexity index is 1100. The fraction of sp³-hybridized carbons (Fsp3) is 0.0526. The molecule has 0 amide bonds. The monoisotopic (exact) mass is 425 g/mol. The number of ether oxygens (including phenoxy) is 1. The van der Waals surface area contributed by atoms with Crippen molar-refractivity contribution in [3.8, 4) is 23.2 Å². The van der Waals surface area contributed by atoms with Gasteiger partial charge >= 0.3 is 5.97 Å². The van der Waals surface area contributed by atoms with E-state index in [1.54, 1.807) is 12.1 Å². The number of carboxylic acids is 1. The molecule has 1 heterocycles. The van der Waals surface area contributed by atoms with Crippen LogP contribution in [0.25, 0.3) is 11.4 Å². The molecule has 1 aromatic heterocycles. The number of hydrogen-bond donors (Lipinski definition) is 2. The van der Waals surface area contributed by atoms with Crippen molar-refractivity contribution < 1.29 is 14.6 Å². The molecule has 27 heavy (non-hydrogen) atoms. The minimum absolute atomic E-state index is 0.168. The van der Waals surface area contributed by atoms with Gasteiger partial charge in [0.15, 0.2) is 0 Å². The maximum Gasteiger partial charge on any atom is 0.342 e. The molecular weight excluding hydrogens is 414 g/mol. The van der Waals surface area contributed by atoms with Crippen LogP contribution in [0.2, 0.25) is 0 Å². The van der Waals surface area contributed by atoms with E-state index in [2.05, 4.69) is 25.9 Å². The number of aromatic amines is 1. The van der Waals surface area contributed by atoms with Crippen LogP contribution in [0.5, 0.6) is 5.75 Å². The van der Waals surface area contributed by atoms with E-state index in [9.17, 15) is 14.9 Å². The van der Waals surface area contributed by atoms with Gasteiger partial charge < -0.3 is 14.8 Å². The second-order valence-electron chi connectivity index (χ2n) is 5.52. The first-order chi connectivity index (χ1) is 13.0. The van der Waals surface area contributed by atoms with E-state index < -0.39 is 17.1 Å². The molecule has 0 aliphatic carbocycles. The summed E-state index contributed by atoms with van der Waals surface area (Å²) in [5.41, 5.74) is 0.475. The first-order valence-electron chi connectivity index (χ1n) is 7.72. The van der Waals surface area contributed by atoms with Crippen molar-refractivity contribution in [1.82, 2.24) is 9.97 Å². The lowest BCUT2D eigenvalue weighted by Gasteiger charge is -2.09. The summed E-state index contributed by atoms with van der Waals surface area (Å²) >= 11 is 3.36. The van der Waals surface area contributed by atoms with Crippen LogP contribution in [-0.4, -0.2) is 21.0 Å². The Morgan fingerprint density at radius 2 is 2.00 bits per heavy atom. The Kier molecular flexibility index (Phi) is 5.33. The van der Waals surface area contributed by atoms with E-state index in [1.165, 1.54) is 6.07 Å². The quantitative estimate of drug-likeness (QED) is 0.647. The first kappa shape index (κ1) is 18.4. The Morgan fingerprint density at radius 1 is 1.26 bits per heavy atom. The number of carbonyl (C=O) groups is 1. The number of hydrogen-bond acceptors (Lipinski definition) is 5. The van der Waals surface area contributed by atoms with Gasteiger partial charge in [-0.3, -0.25) is 4.79 Å². The normalized spacial score (nSPS) is 10.2. The Hall–Kier alpha value is -3.44. The van der Waals surface area contributed by atoms with E-state index in [0.29, 0.717) is 17.9 Å². The molecule has 0 spiro atoms. The smallest absolute Gasteiger partial charge is 0.342 e. The highest BCUT2D eigenvalue weighted by Crippen LogP contribution is 2.25. The van der Waals surface area contributed by atoms with Crippen molar-refractivity contribution in [3.63, 3.8) is 0 Å². The maximum absolute atomic E-state index is 11.8. The third kappa shape index (κ3) is 4.22. The number of aromatic carboxylic acids is 1. The van der Waals surface area contributed by atoms with Gasteiger partial charge in [0.25, 0.3) is 5.56 Å². The number of rotatable bonds is 5. The molecule has 0 aliphatic rings. The fourth-order valence-electron chi connectivity index (χ4n) is 2.33. The van der Waals surface area contributed by atoms with Gasteiger partial charge in [-0.1, -0.05) is 28.1 Å². The highest BCUT2D eigenvalue weighted by molar-refractivity contribution is 9.10. The van der Waals surface area contributed by atoms with Crippen molar-refractivity contribution in [2.75, 3.05) is 0 Å². The van der Waals surface area contributed by atoms with Crippen molar-refractivity contribution in [1.29, 1.82) is 5.26 Å². The summed E-state index contributed by atoms with van der Waals surface area (Å²) in [5.74, 6) is -0.792. The predicted molar refractivity (Wildman–Crippen MR) is 100 cm³/mol. The van der Waals surface area contributed by atoms with Gasteiger partial charge in [-0.2, -0.15) is 5.26 Å². The zero-order valence-corrected chi connectivity index (χ0v) is 15.4. The average Bonchev–Trinajstić information content (AvgIpc) is 2.67. The lowest BCUT2D eigenvalue weighted by atomic mass is 10.1. The standard InChI is InChI=1S/C19H12BrN3O4/c20-14-4-1-11(2-5-14)10-27-16-6-3-12(7-13(16)8-21)17-22-9-15(19(25)26)18(24)23-17/h1-7,9H,10H2,(H,25,26)(H,22,23,24). The Morgan fingerprint density at radius 3 is 2.63 bits per heavy atom. The van der Waals surface area contributed by atoms with Crippen LogP contribution < -0.4 is 10.3 Å². The minimum Gasteiger partial charge on any atom is -0.488 e. The summed E-state index contributed by atoms with van der Waals surface area (Å²) in [4.78, 5) is 29.0. The molecule has 134 valence electrons. The first-order valence-corrected chi connectivity index (χ1v) is 8.51. The van der Waals surface area contributed by atoms with Gasteiger partial charge in [0, 0.05) is 16.2 Å². The van der Waals surface area contributed by atoms with Gasteiger partial charge in [-0.05, 0) is 35.9 Å². The zero-order valence-electron chi connectivity index (χ0n) is 13.8. The SMILES string of the molecule is N#Cc1cc(-c2ncc(C(=O)O)c(=O)[nH]2)ccc1OCc1ccc(Br)cc1. The molecule has 2 aromatic carbocycles. The number of benzene rings is 2. The number of aromatic nitrogens is 2. The molecule has 3 aromatic rings. The van der Waals surface area contributed by atoms with Crippen molar-refractivity contribution in [2.45, 2.75) is 6.61 Å². The number of carboxylic acid groups (broad SMARTS) is 1. The molecule has 0 bridgehead atoms. The lowest BCUT2D eigenvalue weighted by molar-refractivity contribution is 0.0694. The summed E-state index contributed by atoms with van der Waals surface area (Å²) < 4.78 is 6.67. The summed E-state index contributed by atoms with van der Waals surface area (Å²) in [5, 5.41) is 18.3. The Balaban J connectivity index is 1.85. The fourth-order valence-corrected chi connectivity index (χ4v) is 2.59. The van der Waals surface area contributed by atoms with Crippen molar-refractivity contribution >= 4 is 21.9 Å². The third-order valence-electron chi connectivity index (χ3n) is 3.71. The minimum atomic E-state index is -1.36. The maximum atomic E-state index is 11.8. The van der Waals surface area contributed by atoms with Gasteiger partial charge in [-0.25, -0.2) is 9.78 Å². The molecule has 0 atom stereocenters. The number of halogens is 1. The van der Waals surface area contributed by atoms with E-state index >= 15 is 0 Å². The zero-order chi connectivity index (χ0) is 19.4. The molecule has 8 heteroatoms. The van der Waals surface area contributed by atoms with Crippen LogP contribution in [0.15, 0.2) is 57.9 Å². The van der Waals surface area contributed by atoms with Crippen LogP contribution in [0.1, 0.15) is 21.5 Å². The topological polar surface area (TPSA) is 116 Å². The number of H-pyrrole nitrogens is 1. The highest BCUT2D eigenvalue weighted by Gasteiger charge is 2.12. The van der Waals surface area contributed by atoms with E-state index in [0.717, 1.165) is 16.2 Å². The molecule has 0 unspecified atom stereocenters. The number of nitriles is 1. The van der Waals surface area contributed by atoms with Gasteiger partial charge in [0.1, 0.15) is 29.8 Å². The van der Waals surface area contributed by atoms with E-state index in [-0.39, 0.29) is 11.4 Å². The molecule has 0 aliphatic heterocycles. The largest absolute Gasteiger partial charge is 0.488 e. The van der Waals surface area contributed by atoms with Crippen molar-refractivity contribution in [2.24, 2.45) is 0 Å². The summed E-state index contributed by atoms with van der Waals surface area (Å²) in [6.45, 7) is 0.295. The van der Waals surface area contributed by atoms with Crippen LogP contribution in [0.4, 0.5) is 0 Å². The predicted octanol–water partition coefficient (Wildman–Crippen LogP) is 3.35. The molecule has 0 saturated heterocycles. The van der Waals surface area contributed by atoms with Crippen LogP contribution >= 0.6 is 15.9 Å². The third-order valence-corrected chi connectivity index (χ3v) is 4.24. The van der Waals surface area contributed by atoms with E-state index in [4.69, 9.17) is 9.84 Å². The molecule has 0 radical (unpaired) electrons. The summed E-state index contributed by atoms with van der Waals surface area (Å²) in [6, 6.07) is 14.4. The number of nitrogens with zero attached hydrogens (tertiary/aromatic N) is 2. The molecule has 3 rings (SSSR count). The van der Waals surface area contributed by atoms with Crippen LogP contribution in [0, 0.1) is 11.3 Å².